The van der Waals surface area contributed by atoms with Crippen LogP contribution >= 0.6 is 15.9 Å². The number of likely N-dealkylation sites (tertiary alicyclic amines) is 1. The van der Waals surface area contributed by atoms with Gasteiger partial charge >= 0.3 is 0 Å². The number of nitrogens with zero attached hydrogens (tertiary/aromatic N) is 1. The van der Waals surface area contributed by atoms with Crippen molar-refractivity contribution in [1.82, 2.24) is 4.90 Å². The minimum absolute atomic E-state index is 0.766. The lowest BCUT2D eigenvalue weighted by molar-refractivity contribution is 0.186. The van der Waals surface area contributed by atoms with Gasteiger partial charge in [0.25, 0.3) is 0 Å². The molecular weight excluding hydrogens is 358 g/mol. The van der Waals surface area contributed by atoms with E-state index in [4.69, 9.17) is 0 Å². The van der Waals surface area contributed by atoms with Crippen LogP contribution in [-0.2, 0) is 0 Å². The molecule has 1 aromatic carbocycles. The van der Waals surface area contributed by atoms with Crippen LogP contribution < -0.4 is 0 Å². The Morgan fingerprint density at radius 2 is 1.88 bits per heavy atom. The van der Waals surface area contributed by atoms with E-state index in [0.717, 1.165) is 12.0 Å². The van der Waals surface area contributed by atoms with Crippen molar-refractivity contribution < 1.29 is 0 Å². The predicted octanol–water partition coefficient (Wildman–Crippen LogP) is 7.02. The van der Waals surface area contributed by atoms with E-state index >= 15 is 0 Å². The number of halogens is 1. The molecule has 3 rings (SSSR count). The van der Waals surface area contributed by atoms with Gasteiger partial charge < -0.3 is 4.90 Å². The number of hydrogen-bond donors (Lipinski definition) is 0. The van der Waals surface area contributed by atoms with E-state index < -0.39 is 0 Å². The minimum Gasteiger partial charge on any atom is -0.374 e. The Morgan fingerprint density at radius 3 is 2.67 bits per heavy atom. The van der Waals surface area contributed by atoms with Crippen molar-refractivity contribution in [2.45, 2.75) is 77.2 Å². The second-order valence-electron chi connectivity index (χ2n) is 7.79. The summed E-state index contributed by atoms with van der Waals surface area (Å²) in [6, 6.07) is 9.45. The van der Waals surface area contributed by atoms with Gasteiger partial charge in [-0.2, -0.15) is 0 Å². The zero-order valence-electron chi connectivity index (χ0n) is 15.1. The quantitative estimate of drug-likeness (QED) is 0.522. The third kappa shape index (κ3) is 5.12. The molecule has 0 aromatic heterocycles. The maximum absolute atomic E-state index is 3.60. The van der Waals surface area contributed by atoms with Gasteiger partial charge in [0, 0.05) is 23.3 Å². The molecule has 1 atom stereocenters. The first-order valence-corrected chi connectivity index (χ1v) is 10.7. The summed E-state index contributed by atoms with van der Waals surface area (Å²) < 4.78 is 1.17. The maximum Gasteiger partial charge on any atom is 0.0284 e. The van der Waals surface area contributed by atoms with E-state index in [-0.39, 0.29) is 0 Å². The Labute approximate surface area is 156 Å². The van der Waals surface area contributed by atoms with Crippen LogP contribution in [0.3, 0.4) is 0 Å². The molecule has 1 unspecified atom stereocenters. The van der Waals surface area contributed by atoms with E-state index in [0.29, 0.717) is 0 Å². The Morgan fingerprint density at radius 1 is 1.08 bits per heavy atom. The number of piperidine rings is 1. The van der Waals surface area contributed by atoms with Gasteiger partial charge in [-0.3, -0.25) is 0 Å². The molecule has 1 saturated heterocycles. The molecular formula is C22H32BrN. The Balaban J connectivity index is 1.61. The molecule has 0 bridgehead atoms. The molecule has 24 heavy (non-hydrogen) atoms. The van der Waals surface area contributed by atoms with Gasteiger partial charge in [0.15, 0.2) is 0 Å². The molecule has 2 fully saturated rings. The van der Waals surface area contributed by atoms with Crippen LogP contribution in [0.25, 0.3) is 5.57 Å². The monoisotopic (exact) mass is 389 g/mol. The zero-order chi connectivity index (χ0) is 16.8. The van der Waals surface area contributed by atoms with Crippen LogP contribution in [0.2, 0.25) is 0 Å². The molecule has 0 radical (unpaired) electrons. The lowest BCUT2D eigenvalue weighted by Gasteiger charge is -2.36. The van der Waals surface area contributed by atoms with Crippen molar-refractivity contribution in [1.29, 1.82) is 0 Å². The summed E-state index contributed by atoms with van der Waals surface area (Å²) in [6.45, 7) is 3.50. The van der Waals surface area contributed by atoms with Gasteiger partial charge in [0.05, 0.1) is 0 Å². The molecule has 0 N–H and O–H groups in total. The Kier molecular flexibility index (Phi) is 6.83. The van der Waals surface area contributed by atoms with E-state index in [9.17, 15) is 0 Å². The lowest BCUT2D eigenvalue weighted by Crippen LogP contribution is -2.36. The average Bonchev–Trinajstić information content (AvgIpc) is 2.62. The van der Waals surface area contributed by atoms with Gasteiger partial charge in [-0.25, -0.2) is 0 Å². The van der Waals surface area contributed by atoms with Gasteiger partial charge in [0.1, 0.15) is 0 Å². The highest BCUT2D eigenvalue weighted by molar-refractivity contribution is 9.10. The van der Waals surface area contributed by atoms with Crippen molar-refractivity contribution in [2.75, 3.05) is 6.54 Å². The van der Waals surface area contributed by atoms with Crippen LogP contribution in [0.1, 0.15) is 76.7 Å². The van der Waals surface area contributed by atoms with Crippen molar-refractivity contribution in [3.63, 3.8) is 0 Å². The number of rotatable bonds is 5. The molecule has 2 aliphatic rings. The number of benzene rings is 1. The zero-order valence-corrected chi connectivity index (χ0v) is 16.7. The molecule has 2 heteroatoms. The largest absolute Gasteiger partial charge is 0.374 e. The summed E-state index contributed by atoms with van der Waals surface area (Å²) in [5.74, 6) is 1.01. The lowest BCUT2D eigenvalue weighted by atomic mass is 9.84. The maximum atomic E-state index is 3.60. The van der Waals surface area contributed by atoms with Crippen molar-refractivity contribution >= 4 is 21.5 Å². The van der Waals surface area contributed by atoms with Crippen molar-refractivity contribution in [3.05, 3.63) is 40.5 Å². The minimum atomic E-state index is 0.766. The van der Waals surface area contributed by atoms with Crippen LogP contribution in [0, 0.1) is 5.92 Å². The summed E-state index contributed by atoms with van der Waals surface area (Å²) in [7, 11) is 0. The fourth-order valence-corrected chi connectivity index (χ4v) is 4.86. The van der Waals surface area contributed by atoms with E-state index in [1.165, 1.54) is 86.4 Å². The molecule has 132 valence electrons. The fraction of sp³-hybridized carbons (Fsp3) is 0.636. The summed E-state index contributed by atoms with van der Waals surface area (Å²) in [5.41, 5.74) is 2.72. The highest BCUT2D eigenvalue weighted by atomic mass is 79.9. The standard InChI is InChI=1S/C22H32BrN/c1-18(20-10-7-11-21(23)16-20)17-24-15-6-5-12-22(24)14-13-19-8-3-2-4-9-19/h7,10-11,16-17,19,22H,2-6,8-9,12-15H2,1H3/b18-17+. The highest BCUT2D eigenvalue weighted by Gasteiger charge is 2.22. The molecule has 1 aliphatic carbocycles. The van der Waals surface area contributed by atoms with Crippen LogP contribution in [0.5, 0.6) is 0 Å². The molecule has 0 amide bonds. The molecule has 1 saturated carbocycles. The molecule has 1 heterocycles. The van der Waals surface area contributed by atoms with Crippen LogP contribution in [0.15, 0.2) is 34.9 Å². The SMILES string of the molecule is C/C(=C\N1CCCCC1CCC1CCCCC1)c1cccc(Br)c1. The first-order chi connectivity index (χ1) is 11.7. The summed E-state index contributed by atoms with van der Waals surface area (Å²) in [5, 5.41) is 0. The molecule has 1 aliphatic heterocycles. The summed E-state index contributed by atoms with van der Waals surface area (Å²) in [6.07, 6.45) is 16.8. The topological polar surface area (TPSA) is 3.24 Å². The molecule has 1 aromatic rings. The van der Waals surface area contributed by atoms with Gasteiger partial charge in [0.2, 0.25) is 0 Å². The van der Waals surface area contributed by atoms with Gasteiger partial charge in [-0.15, -0.1) is 0 Å². The predicted molar refractivity (Wildman–Crippen MR) is 108 cm³/mol. The second kappa shape index (κ2) is 9.08. The third-order valence-corrected chi connectivity index (χ3v) is 6.44. The van der Waals surface area contributed by atoms with Gasteiger partial charge in [-0.1, -0.05) is 60.2 Å². The Bertz CT molecular complexity index is 545. The van der Waals surface area contributed by atoms with Gasteiger partial charge in [-0.05, 0) is 68.2 Å². The second-order valence-corrected chi connectivity index (χ2v) is 8.71. The van der Waals surface area contributed by atoms with E-state index in [1.807, 2.05) is 0 Å². The molecule has 0 spiro atoms. The number of hydrogen-bond acceptors (Lipinski definition) is 1. The average molecular weight is 390 g/mol. The van der Waals surface area contributed by atoms with Crippen molar-refractivity contribution in [3.8, 4) is 0 Å². The fourth-order valence-electron chi connectivity index (χ4n) is 4.46. The van der Waals surface area contributed by atoms with E-state index in [1.54, 1.807) is 0 Å². The normalized spacial score (nSPS) is 23.5. The third-order valence-electron chi connectivity index (χ3n) is 5.94. The summed E-state index contributed by atoms with van der Waals surface area (Å²) in [4.78, 5) is 2.66. The van der Waals surface area contributed by atoms with Crippen LogP contribution in [-0.4, -0.2) is 17.5 Å². The van der Waals surface area contributed by atoms with E-state index in [2.05, 4.69) is 58.2 Å². The summed E-state index contributed by atoms with van der Waals surface area (Å²) >= 11 is 3.60. The van der Waals surface area contributed by atoms with Crippen LogP contribution in [0.4, 0.5) is 0 Å². The van der Waals surface area contributed by atoms with Crippen molar-refractivity contribution in [2.24, 2.45) is 5.92 Å². The highest BCUT2D eigenvalue weighted by Crippen LogP contribution is 2.31. The first-order valence-electron chi connectivity index (χ1n) is 9.92. The Hall–Kier alpha value is -0.760. The smallest absolute Gasteiger partial charge is 0.0284 e. The first kappa shape index (κ1) is 18.0. The molecule has 1 nitrogen and oxygen atoms in total. The number of allylic oxidation sites excluding steroid dienone is 1.